The number of ether oxygens (including phenoxy) is 2. The Kier molecular flexibility index (Phi) is 6.19. The number of hydrogen-bond acceptors (Lipinski definition) is 5. The van der Waals surface area contributed by atoms with Gasteiger partial charge < -0.3 is 14.8 Å². The molecule has 0 aliphatic carbocycles. The van der Waals surface area contributed by atoms with Gasteiger partial charge in [0.1, 0.15) is 23.0 Å². The number of nitrogens with zero attached hydrogens (tertiary/aromatic N) is 1. The summed E-state index contributed by atoms with van der Waals surface area (Å²) in [5.74, 6) is 1.02. The zero-order chi connectivity index (χ0) is 26.1. The average molecular weight is 493 g/mol. The molecule has 0 spiro atoms. The molecule has 0 saturated carbocycles. The van der Waals surface area contributed by atoms with Crippen molar-refractivity contribution in [1.82, 2.24) is 0 Å². The molecular formula is C30H24N2O5. The standard InChI is InChI=1S/C30H24N2O5/c1-18-10-11-25(14-19(18)2)37-24-9-5-7-22(16-24)32-29(34)27-13-12-26(17-28(27)30(32)35)36-23-8-4-6-21(15-23)31-20(3)33/h4-17H,1-3H3,(H,31,33). The summed E-state index contributed by atoms with van der Waals surface area (Å²) in [7, 11) is 0. The highest BCUT2D eigenvalue weighted by molar-refractivity contribution is 6.34. The van der Waals surface area contributed by atoms with E-state index in [1.54, 1.807) is 66.7 Å². The summed E-state index contributed by atoms with van der Waals surface area (Å²) >= 11 is 0. The summed E-state index contributed by atoms with van der Waals surface area (Å²) in [6.45, 7) is 5.46. The van der Waals surface area contributed by atoms with Crippen LogP contribution in [0.2, 0.25) is 0 Å². The van der Waals surface area contributed by atoms with E-state index in [4.69, 9.17) is 9.47 Å². The van der Waals surface area contributed by atoms with Gasteiger partial charge in [0.2, 0.25) is 5.91 Å². The second-order valence-electron chi connectivity index (χ2n) is 8.81. The zero-order valence-electron chi connectivity index (χ0n) is 20.6. The molecule has 0 radical (unpaired) electrons. The van der Waals surface area contributed by atoms with Crippen LogP contribution >= 0.6 is 0 Å². The van der Waals surface area contributed by atoms with Crippen molar-refractivity contribution in [3.63, 3.8) is 0 Å². The smallest absolute Gasteiger partial charge is 0.266 e. The summed E-state index contributed by atoms with van der Waals surface area (Å²) in [4.78, 5) is 38.9. The summed E-state index contributed by atoms with van der Waals surface area (Å²) < 4.78 is 11.9. The third-order valence-electron chi connectivity index (χ3n) is 6.04. The Morgan fingerprint density at radius 2 is 1.30 bits per heavy atom. The second kappa shape index (κ2) is 9.62. The van der Waals surface area contributed by atoms with Crippen molar-refractivity contribution in [2.75, 3.05) is 10.2 Å². The number of carbonyl (C=O) groups excluding carboxylic acids is 3. The Morgan fingerprint density at radius 3 is 2.03 bits per heavy atom. The van der Waals surface area contributed by atoms with Crippen molar-refractivity contribution in [2.45, 2.75) is 20.8 Å². The molecule has 4 aromatic rings. The Labute approximate surface area is 214 Å². The lowest BCUT2D eigenvalue weighted by molar-refractivity contribution is -0.114. The van der Waals surface area contributed by atoms with E-state index in [0.29, 0.717) is 39.9 Å². The quantitative estimate of drug-likeness (QED) is 0.305. The van der Waals surface area contributed by atoms with Gasteiger partial charge in [0, 0.05) is 24.7 Å². The molecule has 1 aliphatic heterocycles. The fourth-order valence-corrected chi connectivity index (χ4v) is 4.09. The molecule has 0 unspecified atom stereocenters. The topological polar surface area (TPSA) is 84.9 Å². The molecule has 7 nitrogen and oxygen atoms in total. The van der Waals surface area contributed by atoms with Crippen LogP contribution in [0.5, 0.6) is 23.0 Å². The van der Waals surface area contributed by atoms with Gasteiger partial charge in [-0.15, -0.1) is 0 Å². The number of imide groups is 1. The first-order valence-electron chi connectivity index (χ1n) is 11.7. The molecule has 0 saturated heterocycles. The van der Waals surface area contributed by atoms with Crippen LogP contribution < -0.4 is 19.7 Å². The lowest BCUT2D eigenvalue weighted by atomic mass is 10.1. The van der Waals surface area contributed by atoms with Crippen LogP contribution in [0.15, 0.2) is 84.9 Å². The number of rotatable bonds is 6. The van der Waals surface area contributed by atoms with E-state index in [1.165, 1.54) is 6.92 Å². The number of anilines is 2. The molecule has 7 heteroatoms. The molecule has 1 aliphatic rings. The van der Waals surface area contributed by atoms with E-state index in [2.05, 4.69) is 5.32 Å². The predicted octanol–water partition coefficient (Wildman–Crippen LogP) is 6.65. The second-order valence-corrected chi connectivity index (χ2v) is 8.81. The van der Waals surface area contributed by atoms with Crippen molar-refractivity contribution in [3.05, 3.63) is 107 Å². The van der Waals surface area contributed by atoms with Gasteiger partial charge in [0.15, 0.2) is 0 Å². The number of benzene rings is 4. The molecule has 0 aromatic heterocycles. The highest BCUT2D eigenvalue weighted by atomic mass is 16.5. The van der Waals surface area contributed by atoms with Crippen LogP contribution in [-0.2, 0) is 4.79 Å². The molecular weight excluding hydrogens is 468 g/mol. The summed E-state index contributed by atoms with van der Waals surface area (Å²) in [5.41, 5.74) is 3.82. The van der Waals surface area contributed by atoms with Crippen LogP contribution in [0.1, 0.15) is 38.8 Å². The number of hydrogen-bond donors (Lipinski definition) is 1. The molecule has 184 valence electrons. The van der Waals surface area contributed by atoms with E-state index in [0.717, 1.165) is 16.0 Å². The van der Waals surface area contributed by atoms with Crippen molar-refractivity contribution in [2.24, 2.45) is 0 Å². The fraction of sp³-hybridized carbons (Fsp3) is 0.100. The highest BCUT2D eigenvalue weighted by Gasteiger charge is 2.37. The van der Waals surface area contributed by atoms with Crippen LogP contribution in [0.25, 0.3) is 0 Å². The molecule has 0 bridgehead atoms. The van der Waals surface area contributed by atoms with Gasteiger partial charge in [-0.2, -0.15) is 0 Å². The lowest BCUT2D eigenvalue weighted by Crippen LogP contribution is -2.29. The normalized spacial score (nSPS) is 12.4. The molecule has 0 fully saturated rings. The van der Waals surface area contributed by atoms with E-state index in [-0.39, 0.29) is 11.5 Å². The zero-order valence-corrected chi connectivity index (χ0v) is 20.6. The molecule has 37 heavy (non-hydrogen) atoms. The lowest BCUT2D eigenvalue weighted by Gasteiger charge is -2.15. The SMILES string of the molecule is CC(=O)Nc1cccc(Oc2ccc3c(c2)C(=O)N(c2cccc(Oc4ccc(C)c(C)c4)c2)C3=O)c1. The minimum atomic E-state index is -0.444. The number of amides is 3. The molecule has 1 N–H and O–H groups in total. The summed E-state index contributed by atoms with van der Waals surface area (Å²) in [5, 5.41) is 2.70. The van der Waals surface area contributed by atoms with Gasteiger partial charge in [0.25, 0.3) is 11.8 Å². The Balaban J connectivity index is 1.38. The minimum absolute atomic E-state index is 0.192. The van der Waals surface area contributed by atoms with Crippen LogP contribution in [0.3, 0.4) is 0 Å². The first-order chi connectivity index (χ1) is 17.8. The number of aryl methyl sites for hydroxylation is 2. The third-order valence-corrected chi connectivity index (χ3v) is 6.04. The number of fused-ring (bicyclic) bond motifs is 1. The van der Waals surface area contributed by atoms with Gasteiger partial charge in [-0.25, -0.2) is 4.90 Å². The maximum absolute atomic E-state index is 13.3. The van der Waals surface area contributed by atoms with Gasteiger partial charge in [0.05, 0.1) is 16.8 Å². The maximum atomic E-state index is 13.3. The Morgan fingerprint density at radius 1 is 0.676 bits per heavy atom. The average Bonchev–Trinajstić information content (AvgIpc) is 3.11. The maximum Gasteiger partial charge on any atom is 0.266 e. The van der Waals surface area contributed by atoms with E-state index < -0.39 is 11.8 Å². The molecule has 5 rings (SSSR count). The number of carbonyl (C=O) groups is 3. The minimum Gasteiger partial charge on any atom is -0.457 e. The van der Waals surface area contributed by atoms with Crippen LogP contribution in [0.4, 0.5) is 11.4 Å². The number of nitrogens with one attached hydrogen (secondary N) is 1. The van der Waals surface area contributed by atoms with Crippen LogP contribution in [-0.4, -0.2) is 17.7 Å². The summed E-state index contributed by atoms with van der Waals surface area (Å²) in [6.07, 6.45) is 0. The van der Waals surface area contributed by atoms with Crippen molar-refractivity contribution in [3.8, 4) is 23.0 Å². The molecule has 1 heterocycles. The fourth-order valence-electron chi connectivity index (χ4n) is 4.09. The van der Waals surface area contributed by atoms with E-state index >= 15 is 0 Å². The van der Waals surface area contributed by atoms with Crippen molar-refractivity contribution >= 4 is 29.1 Å². The molecule has 3 amide bonds. The largest absolute Gasteiger partial charge is 0.457 e. The van der Waals surface area contributed by atoms with E-state index in [1.807, 2.05) is 32.0 Å². The first-order valence-corrected chi connectivity index (χ1v) is 11.7. The monoisotopic (exact) mass is 492 g/mol. The first kappa shape index (κ1) is 23.8. The predicted molar refractivity (Wildman–Crippen MR) is 141 cm³/mol. The van der Waals surface area contributed by atoms with Crippen LogP contribution in [0, 0.1) is 13.8 Å². The van der Waals surface area contributed by atoms with E-state index in [9.17, 15) is 14.4 Å². The Bertz CT molecular complexity index is 1560. The van der Waals surface area contributed by atoms with Gasteiger partial charge in [-0.1, -0.05) is 18.2 Å². The summed E-state index contributed by atoms with van der Waals surface area (Å²) in [6, 6.07) is 24.4. The van der Waals surface area contributed by atoms with Crippen molar-refractivity contribution in [1.29, 1.82) is 0 Å². The van der Waals surface area contributed by atoms with Gasteiger partial charge in [-0.05, 0) is 79.6 Å². The molecule has 4 aromatic carbocycles. The van der Waals surface area contributed by atoms with Gasteiger partial charge in [-0.3, -0.25) is 14.4 Å². The third kappa shape index (κ3) is 4.92. The van der Waals surface area contributed by atoms with Crippen molar-refractivity contribution < 1.29 is 23.9 Å². The Hall–Kier alpha value is -4.91. The highest BCUT2D eigenvalue weighted by Crippen LogP contribution is 2.35. The van der Waals surface area contributed by atoms with Gasteiger partial charge >= 0.3 is 0 Å². The molecule has 0 atom stereocenters.